The minimum absolute atomic E-state index is 0.00852. The van der Waals surface area contributed by atoms with Crippen LogP contribution in [0.15, 0.2) is 16.9 Å². The summed E-state index contributed by atoms with van der Waals surface area (Å²) in [7, 11) is 0. The quantitative estimate of drug-likeness (QED) is 0.747. The molecule has 0 bridgehead atoms. The van der Waals surface area contributed by atoms with E-state index in [1.54, 1.807) is 12.4 Å². The molecule has 7 heteroatoms. The molecule has 1 fully saturated rings. The Bertz CT molecular complexity index is 757. The highest BCUT2D eigenvalue weighted by Crippen LogP contribution is 2.39. The van der Waals surface area contributed by atoms with E-state index in [9.17, 15) is 4.79 Å². The first-order valence-electron chi connectivity index (χ1n) is 8.35. The van der Waals surface area contributed by atoms with E-state index < -0.39 is 0 Å². The highest BCUT2D eigenvalue weighted by atomic mass is 79.9. The van der Waals surface area contributed by atoms with Gasteiger partial charge in [-0.25, -0.2) is 4.98 Å². The molecule has 3 rings (SSSR count). The molecule has 0 saturated carbocycles. The molecule has 0 spiro atoms. The molecule has 130 valence electrons. The van der Waals surface area contributed by atoms with Gasteiger partial charge in [0, 0.05) is 37.4 Å². The number of aromatic nitrogens is 2. The zero-order valence-electron chi connectivity index (χ0n) is 14.3. The summed E-state index contributed by atoms with van der Waals surface area (Å²) in [4.78, 5) is 22.0. The third-order valence-corrected chi connectivity index (χ3v) is 5.32. The topological polar surface area (TPSA) is 87.0 Å². The molecule has 2 unspecified atom stereocenters. The minimum atomic E-state index is -0.0808. The standard InChI is InChI=1S/C17H24BrN5O/c1-9(2)17(24)22-13-7-21-16-14(13)15(11(18)6-20-16)23-5-4-10(3)12(19)8-23/h6-7,9-10,12H,4-5,8,19H2,1-3H3,(H,20,21)(H,22,24). The number of carbonyl (C=O) groups is 1. The predicted molar refractivity (Wildman–Crippen MR) is 101 cm³/mol. The minimum Gasteiger partial charge on any atom is -0.368 e. The molecule has 3 heterocycles. The summed E-state index contributed by atoms with van der Waals surface area (Å²) >= 11 is 3.63. The average molecular weight is 394 g/mol. The first-order chi connectivity index (χ1) is 11.4. The molecule has 0 radical (unpaired) electrons. The van der Waals surface area contributed by atoms with Gasteiger partial charge in [0.1, 0.15) is 5.65 Å². The van der Waals surface area contributed by atoms with Crippen LogP contribution in [-0.2, 0) is 4.79 Å². The number of halogens is 1. The number of carbonyl (C=O) groups excluding carboxylic acids is 1. The van der Waals surface area contributed by atoms with Gasteiger partial charge in [0.2, 0.25) is 5.91 Å². The van der Waals surface area contributed by atoms with Crippen LogP contribution in [0.1, 0.15) is 27.2 Å². The SMILES string of the molecule is CC(C)C(=O)Nc1c[nH]c2ncc(Br)c(N3CCC(C)C(N)C3)c12. The van der Waals surface area contributed by atoms with E-state index in [0.717, 1.165) is 46.4 Å². The van der Waals surface area contributed by atoms with Crippen molar-refractivity contribution in [2.24, 2.45) is 17.6 Å². The van der Waals surface area contributed by atoms with Gasteiger partial charge in [0.25, 0.3) is 0 Å². The van der Waals surface area contributed by atoms with E-state index in [1.165, 1.54) is 0 Å². The Balaban J connectivity index is 2.04. The second-order valence-electron chi connectivity index (χ2n) is 6.90. The van der Waals surface area contributed by atoms with Crippen molar-refractivity contribution in [1.29, 1.82) is 0 Å². The summed E-state index contributed by atoms with van der Waals surface area (Å²) < 4.78 is 0.913. The van der Waals surface area contributed by atoms with Gasteiger partial charge in [0.15, 0.2) is 0 Å². The summed E-state index contributed by atoms with van der Waals surface area (Å²) in [5.41, 5.74) is 8.85. The van der Waals surface area contributed by atoms with E-state index in [0.29, 0.717) is 5.92 Å². The normalized spacial score (nSPS) is 21.5. The van der Waals surface area contributed by atoms with E-state index in [1.807, 2.05) is 13.8 Å². The molecular formula is C17H24BrN5O. The van der Waals surface area contributed by atoms with Crippen LogP contribution < -0.4 is 16.0 Å². The van der Waals surface area contributed by atoms with Gasteiger partial charge in [-0.05, 0) is 28.3 Å². The lowest BCUT2D eigenvalue weighted by atomic mass is 9.94. The molecule has 1 aliphatic rings. The van der Waals surface area contributed by atoms with Crippen molar-refractivity contribution in [2.75, 3.05) is 23.3 Å². The fourth-order valence-electron chi connectivity index (χ4n) is 3.04. The van der Waals surface area contributed by atoms with Crippen molar-refractivity contribution < 1.29 is 4.79 Å². The Labute approximate surface area is 150 Å². The Morgan fingerprint density at radius 2 is 2.29 bits per heavy atom. The summed E-state index contributed by atoms with van der Waals surface area (Å²) in [6.07, 6.45) is 4.65. The number of rotatable bonds is 3. The summed E-state index contributed by atoms with van der Waals surface area (Å²) in [5, 5.41) is 3.93. The second kappa shape index (κ2) is 6.72. The zero-order chi connectivity index (χ0) is 17.4. The molecule has 1 saturated heterocycles. The summed E-state index contributed by atoms with van der Waals surface area (Å²) in [6.45, 7) is 7.69. The lowest BCUT2D eigenvalue weighted by molar-refractivity contribution is -0.118. The molecule has 0 aromatic carbocycles. The fourth-order valence-corrected chi connectivity index (χ4v) is 3.59. The number of amides is 1. The number of pyridine rings is 1. The number of hydrogen-bond acceptors (Lipinski definition) is 4. The van der Waals surface area contributed by atoms with Crippen molar-refractivity contribution in [3.63, 3.8) is 0 Å². The third-order valence-electron chi connectivity index (χ3n) is 4.74. The Morgan fingerprint density at radius 3 is 2.96 bits per heavy atom. The van der Waals surface area contributed by atoms with Gasteiger partial charge >= 0.3 is 0 Å². The number of nitrogens with zero attached hydrogens (tertiary/aromatic N) is 2. The Kier molecular flexibility index (Phi) is 4.83. The lowest BCUT2D eigenvalue weighted by Gasteiger charge is -2.37. The Hall–Kier alpha value is -1.60. The second-order valence-corrected chi connectivity index (χ2v) is 7.75. The van der Waals surface area contributed by atoms with Crippen molar-refractivity contribution >= 4 is 44.2 Å². The fraction of sp³-hybridized carbons (Fsp3) is 0.529. The number of aromatic amines is 1. The van der Waals surface area contributed by atoms with Gasteiger partial charge in [-0.2, -0.15) is 0 Å². The maximum absolute atomic E-state index is 12.1. The molecule has 1 aliphatic heterocycles. The van der Waals surface area contributed by atoms with Crippen molar-refractivity contribution in [3.05, 3.63) is 16.9 Å². The maximum Gasteiger partial charge on any atom is 0.226 e. The number of H-pyrrole nitrogens is 1. The highest BCUT2D eigenvalue weighted by Gasteiger charge is 2.27. The lowest BCUT2D eigenvalue weighted by Crippen LogP contribution is -2.47. The number of hydrogen-bond donors (Lipinski definition) is 3. The van der Waals surface area contributed by atoms with Gasteiger partial charge in [0.05, 0.1) is 21.2 Å². The van der Waals surface area contributed by atoms with Gasteiger partial charge in [-0.1, -0.05) is 20.8 Å². The summed E-state index contributed by atoms with van der Waals surface area (Å²) in [5.74, 6) is 0.428. The van der Waals surface area contributed by atoms with Gasteiger partial charge in [-0.15, -0.1) is 0 Å². The molecule has 24 heavy (non-hydrogen) atoms. The summed E-state index contributed by atoms with van der Waals surface area (Å²) in [6, 6.07) is 0.140. The number of anilines is 2. The number of nitrogens with one attached hydrogen (secondary N) is 2. The molecular weight excluding hydrogens is 370 g/mol. The molecule has 1 amide bonds. The van der Waals surface area contributed by atoms with Gasteiger partial charge in [-0.3, -0.25) is 4.79 Å². The maximum atomic E-state index is 12.1. The third kappa shape index (κ3) is 3.15. The first kappa shape index (κ1) is 17.2. The van der Waals surface area contributed by atoms with E-state index in [4.69, 9.17) is 5.73 Å². The van der Waals surface area contributed by atoms with Crippen LogP contribution in [0.25, 0.3) is 11.0 Å². The van der Waals surface area contributed by atoms with Crippen LogP contribution in [-0.4, -0.2) is 35.0 Å². The van der Waals surface area contributed by atoms with Crippen LogP contribution >= 0.6 is 15.9 Å². The molecule has 4 N–H and O–H groups in total. The van der Waals surface area contributed by atoms with Crippen molar-refractivity contribution in [1.82, 2.24) is 9.97 Å². The van der Waals surface area contributed by atoms with Crippen LogP contribution in [0.4, 0.5) is 11.4 Å². The van der Waals surface area contributed by atoms with E-state index >= 15 is 0 Å². The number of piperidine rings is 1. The van der Waals surface area contributed by atoms with E-state index in [-0.39, 0.29) is 17.9 Å². The smallest absolute Gasteiger partial charge is 0.226 e. The molecule has 2 atom stereocenters. The van der Waals surface area contributed by atoms with Crippen molar-refractivity contribution in [2.45, 2.75) is 33.2 Å². The average Bonchev–Trinajstić information content (AvgIpc) is 2.93. The zero-order valence-corrected chi connectivity index (χ0v) is 15.9. The number of nitrogens with two attached hydrogens (primary N) is 1. The predicted octanol–water partition coefficient (Wildman–Crippen LogP) is 3.09. The van der Waals surface area contributed by atoms with Crippen LogP contribution in [0.5, 0.6) is 0 Å². The van der Waals surface area contributed by atoms with Gasteiger partial charge < -0.3 is 20.9 Å². The van der Waals surface area contributed by atoms with Crippen LogP contribution in [0.3, 0.4) is 0 Å². The largest absolute Gasteiger partial charge is 0.368 e. The first-order valence-corrected chi connectivity index (χ1v) is 9.14. The molecule has 0 aliphatic carbocycles. The monoisotopic (exact) mass is 393 g/mol. The number of fused-ring (bicyclic) bond motifs is 1. The van der Waals surface area contributed by atoms with Crippen molar-refractivity contribution in [3.8, 4) is 0 Å². The van der Waals surface area contributed by atoms with E-state index in [2.05, 4.69) is 43.0 Å². The molecule has 2 aromatic rings. The molecule has 6 nitrogen and oxygen atoms in total. The molecule has 2 aromatic heterocycles. The van der Waals surface area contributed by atoms with Crippen LogP contribution in [0, 0.1) is 11.8 Å². The highest BCUT2D eigenvalue weighted by molar-refractivity contribution is 9.10. The van der Waals surface area contributed by atoms with Crippen LogP contribution in [0.2, 0.25) is 0 Å². The Morgan fingerprint density at radius 1 is 1.54 bits per heavy atom.